The van der Waals surface area contributed by atoms with Crippen molar-refractivity contribution in [2.24, 2.45) is 0 Å². The van der Waals surface area contributed by atoms with Crippen molar-refractivity contribution in [2.45, 2.75) is 71.1 Å². The summed E-state index contributed by atoms with van der Waals surface area (Å²) in [6.07, 6.45) is 7.44. The number of aromatic nitrogens is 4. The smallest absolute Gasteiger partial charge is 0.333 e. The highest BCUT2D eigenvalue weighted by atomic mass is 35.5. The number of rotatable bonds is 8. The summed E-state index contributed by atoms with van der Waals surface area (Å²) in [6.45, 7) is 2.26. The molecule has 0 aliphatic heterocycles. The van der Waals surface area contributed by atoms with Crippen LogP contribution < -0.4 is 16.6 Å². The van der Waals surface area contributed by atoms with Crippen LogP contribution in [-0.4, -0.2) is 24.6 Å². The zero-order valence-corrected chi connectivity index (χ0v) is 19.4. The molecule has 1 aliphatic rings. The number of hydrogen-bond acceptors (Lipinski definition) is 4. The summed E-state index contributed by atoms with van der Waals surface area (Å²) in [5.74, 6) is -0.812. The van der Waals surface area contributed by atoms with Gasteiger partial charge in [-0.25, -0.2) is 18.7 Å². The molecule has 0 spiro atoms. The Morgan fingerprint density at radius 1 is 1.15 bits per heavy atom. The number of fused-ring (bicyclic) bond motifs is 1. The highest BCUT2D eigenvalue weighted by molar-refractivity contribution is 5.85. The Kier molecular flexibility index (Phi) is 8.07. The van der Waals surface area contributed by atoms with Crippen LogP contribution in [0.3, 0.4) is 0 Å². The first kappa shape index (κ1) is 24.7. The van der Waals surface area contributed by atoms with E-state index in [-0.39, 0.29) is 37.4 Å². The number of carbonyl (C=O) groups excluding carboxylic acids is 1. The van der Waals surface area contributed by atoms with Gasteiger partial charge in [0.1, 0.15) is 12.4 Å². The first-order chi connectivity index (χ1) is 15.5. The van der Waals surface area contributed by atoms with Crippen molar-refractivity contribution in [3.8, 4) is 0 Å². The minimum absolute atomic E-state index is 0. The SMILES string of the molecule is CCCCn1c(=O)n(CC(=O)NCc2ccc(F)cc2)c(=O)c2c1ncn2C1CCCC1.Cl. The van der Waals surface area contributed by atoms with E-state index in [0.29, 0.717) is 17.7 Å². The summed E-state index contributed by atoms with van der Waals surface area (Å²) in [7, 11) is 0. The van der Waals surface area contributed by atoms with Gasteiger partial charge in [0, 0.05) is 19.1 Å². The second-order valence-electron chi connectivity index (χ2n) is 8.34. The summed E-state index contributed by atoms with van der Waals surface area (Å²) >= 11 is 0. The molecule has 178 valence electrons. The van der Waals surface area contributed by atoms with Crippen LogP contribution in [0.25, 0.3) is 11.2 Å². The van der Waals surface area contributed by atoms with Crippen molar-refractivity contribution in [3.05, 3.63) is 62.8 Å². The number of nitrogens with one attached hydrogen (secondary N) is 1. The van der Waals surface area contributed by atoms with Gasteiger partial charge in [-0.15, -0.1) is 12.4 Å². The van der Waals surface area contributed by atoms with E-state index in [4.69, 9.17) is 0 Å². The quantitative estimate of drug-likeness (QED) is 0.539. The van der Waals surface area contributed by atoms with Crippen molar-refractivity contribution < 1.29 is 9.18 Å². The predicted octanol–water partition coefficient (Wildman–Crippen LogP) is 3.15. The molecular weight excluding hydrogens is 449 g/mol. The standard InChI is InChI=1S/C23H28FN5O3.ClH/c1-2-3-12-27-21-20(29(15-26-21)18-6-4-5-7-18)22(31)28(23(27)32)14-19(30)25-13-16-8-10-17(24)11-9-16;/h8-11,15,18H,2-7,12-14H2,1H3,(H,25,30);1H. The lowest BCUT2D eigenvalue weighted by Gasteiger charge is -2.15. The van der Waals surface area contributed by atoms with Gasteiger partial charge in [0.05, 0.1) is 6.33 Å². The summed E-state index contributed by atoms with van der Waals surface area (Å²) in [4.78, 5) is 43.5. The molecule has 10 heteroatoms. The van der Waals surface area contributed by atoms with Crippen LogP contribution in [0.4, 0.5) is 4.39 Å². The molecule has 8 nitrogen and oxygen atoms in total. The molecule has 2 heterocycles. The van der Waals surface area contributed by atoms with Gasteiger partial charge in [0.25, 0.3) is 5.56 Å². The lowest BCUT2D eigenvalue weighted by Crippen LogP contribution is -2.44. The van der Waals surface area contributed by atoms with Crippen molar-refractivity contribution in [2.75, 3.05) is 0 Å². The fourth-order valence-corrected chi connectivity index (χ4v) is 4.32. The molecule has 1 fully saturated rings. The van der Waals surface area contributed by atoms with Gasteiger partial charge in [0.2, 0.25) is 5.91 Å². The number of aryl methyl sites for hydroxylation is 1. The fourth-order valence-electron chi connectivity index (χ4n) is 4.32. The van der Waals surface area contributed by atoms with Crippen LogP contribution in [0, 0.1) is 5.82 Å². The van der Waals surface area contributed by atoms with E-state index in [1.165, 1.54) is 16.7 Å². The second-order valence-corrected chi connectivity index (χ2v) is 8.34. The number of nitrogens with zero attached hydrogens (tertiary/aromatic N) is 4. The van der Waals surface area contributed by atoms with E-state index >= 15 is 0 Å². The third-order valence-electron chi connectivity index (χ3n) is 6.10. The first-order valence-corrected chi connectivity index (χ1v) is 11.2. The molecular formula is C23H29ClFN5O3. The molecule has 33 heavy (non-hydrogen) atoms. The maximum Gasteiger partial charge on any atom is 0.333 e. The molecule has 4 rings (SSSR count). The molecule has 0 atom stereocenters. The summed E-state index contributed by atoms with van der Waals surface area (Å²) in [5, 5.41) is 2.70. The topological polar surface area (TPSA) is 90.9 Å². The average Bonchev–Trinajstić information content (AvgIpc) is 3.46. The Labute approximate surface area is 196 Å². The van der Waals surface area contributed by atoms with Crippen LogP contribution in [0.5, 0.6) is 0 Å². The largest absolute Gasteiger partial charge is 0.350 e. The average molecular weight is 478 g/mol. The van der Waals surface area contributed by atoms with Crippen LogP contribution in [0.1, 0.15) is 57.1 Å². The Morgan fingerprint density at radius 3 is 2.52 bits per heavy atom. The third kappa shape index (κ3) is 5.19. The summed E-state index contributed by atoms with van der Waals surface area (Å²) in [5.41, 5.74) is 0.494. The molecule has 2 aromatic heterocycles. The number of unbranched alkanes of at least 4 members (excludes halogenated alkanes) is 1. The van der Waals surface area contributed by atoms with Crippen LogP contribution >= 0.6 is 12.4 Å². The Balaban J connectivity index is 0.00000306. The Morgan fingerprint density at radius 2 is 1.85 bits per heavy atom. The molecule has 1 saturated carbocycles. The van der Waals surface area contributed by atoms with Crippen molar-refractivity contribution in [1.82, 2.24) is 24.0 Å². The van der Waals surface area contributed by atoms with E-state index in [9.17, 15) is 18.8 Å². The molecule has 1 aliphatic carbocycles. The van der Waals surface area contributed by atoms with Crippen LogP contribution in [-0.2, 0) is 24.4 Å². The van der Waals surface area contributed by atoms with Crippen LogP contribution in [0.15, 0.2) is 40.2 Å². The van der Waals surface area contributed by atoms with Gasteiger partial charge < -0.3 is 9.88 Å². The number of imidazole rings is 1. The van der Waals surface area contributed by atoms with E-state index in [1.807, 2.05) is 11.5 Å². The van der Waals surface area contributed by atoms with Crippen LogP contribution in [0.2, 0.25) is 0 Å². The third-order valence-corrected chi connectivity index (χ3v) is 6.10. The monoisotopic (exact) mass is 477 g/mol. The zero-order valence-electron chi connectivity index (χ0n) is 18.6. The number of carbonyl (C=O) groups is 1. The minimum atomic E-state index is -0.524. The first-order valence-electron chi connectivity index (χ1n) is 11.2. The van der Waals surface area contributed by atoms with E-state index in [1.54, 1.807) is 18.5 Å². The molecule has 0 radical (unpaired) electrons. The van der Waals surface area contributed by atoms with Crippen molar-refractivity contribution in [3.63, 3.8) is 0 Å². The normalized spacial score (nSPS) is 13.9. The maximum atomic E-state index is 13.3. The second kappa shape index (κ2) is 10.8. The Hall–Kier alpha value is -2.94. The lowest BCUT2D eigenvalue weighted by atomic mass is 10.2. The maximum absolute atomic E-state index is 13.3. The van der Waals surface area contributed by atoms with Gasteiger partial charge in [-0.3, -0.25) is 14.2 Å². The van der Waals surface area contributed by atoms with Crippen molar-refractivity contribution in [1.29, 1.82) is 0 Å². The van der Waals surface area contributed by atoms with E-state index in [0.717, 1.165) is 48.7 Å². The predicted molar refractivity (Wildman–Crippen MR) is 126 cm³/mol. The van der Waals surface area contributed by atoms with Gasteiger partial charge in [0.15, 0.2) is 11.2 Å². The number of benzene rings is 1. The molecule has 1 N–H and O–H groups in total. The molecule has 0 unspecified atom stereocenters. The summed E-state index contributed by atoms with van der Waals surface area (Å²) in [6, 6.07) is 5.97. The van der Waals surface area contributed by atoms with Gasteiger partial charge in [-0.05, 0) is 37.0 Å². The van der Waals surface area contributed by atoms with E-state index in [2.05, 4.69) is 10.3 Å². The Bertz CT molecular complexity index is 1230. The molecule has 1 amide bonds. The molecule has 0 bridgehead atoms. The summed E-state index contributed by atoms with van der Waals surface area (Å²) < 4.78 is 17.5. The zero-order chi connectivity index (χ0) is 22.7. The van der Waals surface area contributed by atoms with Gasteiger partial charge in [-0.2, -0.15) is 0 Å². The molecule has 0 saturated heterocycles. The highest BCUT2D eigenvalue weighted by Crippen LogP contribution is 2.30. The number of hydrogen-bond donors (Lipinski definition) is 1. The highest BCUT2D eigenvalue weighted by Gasteiger charge is 2.24. The molecule has 1 aromatic carbocycles. The fraction of sp³-hybridized carbons (Fsp3) is 0.478. The van der Waals surface area contributed by atoms with E-state index < -0.39 is 17.2 Å². The van der Waals surface area contributed by atoms with Gasteiger partial charge in [-0.1, -0.05) is 38.3 Å². The number of amides is 1. The minimum Gasteiger partial charge on any atom is -0.350 e. The number of halogens is 2. The van der Waals surface area contributed by atoms with Gasteiger partial charge >= 0.3 is 5.69 Å². The lowest BCUT2D eigenvalue weighted by molar-refractivity contribution is -0.121. The molecule has 3 aromatic rings. The van der Waals surface area contributed by atoms with Crippen molar-refractivity contribution >= 4 is 29.5 Å².